The van der Waals surface area contributed by atoms with Crippen LogP contribution in [0.5, 0.6) is 5.75 Å². The third-order valence-corrected chi connectivity index (χ3v) is 3.43. The molecular formula is C17H18F2N2OS. The van der Waals surface area contributed by atoms with Gasteiger partial charge in [0.25, 0.3) is 0 Å². The van der Waals surface area contributed by atoms with E-state index in [1.54, 1.807) is 12.1 Å². The molecule has 0 spiro atoms. The first-order valence-corrected chi connectivity index (χ1v) is 7.63. The van der Waals surface area contributed by atoms with Crippen LogP contribution in [0, 0.1) is 0 Å². The predicted molar refractivity (Wildman–Crippen MR) is 90.7 cm³/mol. The Morgan fingerprint density at radius 3 is 2.30 bits per heavy atom. The van der Waals surface area contributed by atoms with E-state index >= 15 is 0 Å². The highest BCUT2D eigenvalue weighted by Gasteiger charge is 2.03. The van der Waals surface area contributed by atoms with Crippen molar-refractivity contribution in [3.63, 3.8) is 0 Å². The molecule has 0 bridgehead atoms. The molecule has 0 atom stereocenters. The summed E-state index contributed by atoms with van der Waals surface area (Å²) < 4.78 is 28.4. The third-order valence-electron chi connectivity index (χ3n) is 3.14. The number of halogens is 2. The number of thiocarbonyl (C=S) groups is 1. The molecule has 2 aromatic rings. The van der Waals surface area contributed by atoms with Crippen LogP contribution in [0.3, 0.4) is 0 Å². The summed E-state index contributed by atoms with van der Waals surface area (Å²) in [6.45, 7) is -1.54. The van der Waals surface area contributed by atoms with E-state index in [4.69, 9.17) is 12.2 Å². The van der Waals surface area contributed by atoms with Crippen LogP contribution in [0.25, 0.3) is 0 Å². The molecule has 2 rings (SSSR count). The topological polar surface area (TPSA) is 33.3 Å². The Morgan fingerprint density at radius 2 is 1.65 bits per heavy atom. The second kappa shape index (κ2) is 9.05. The maximum Gasteiger partial charge on any atom is 0.387 e. The summed E-state index contributed by atoms with van der Waals surface area (Å²) >= 11 is 5.21. The van der Waals surface area contributed by atoms with E-state index in [1.807, 2.05) is 18.2 Å². The predicted octanol–water partition coefficient (Wildman–Crippen LogP) is 3.49. The molecule has 0 saturated heterocycles. The lowest BCUT2D eigenvalue weighted by atomic mass is 10.1. The molecule has 0 amide bonds. The van der Waals surface area contributed by atoms with E-state index in [2.05, 4.69) is 27.5 Å². The van der Waals surface area contributed by atoms with Gasteiger partial charge in [-0.15, -0.1) is 0 Å². The Labute approximate surface area is 139 Å². The van der Waals surface area contributed by atoms with Crippen LogP contribution in [0.4, 0.5) is 8.78 Å². The fourth-order valence-electron chi connectivity index (χ4n) is 2.00. The van der Waals surface area contributed by atoms with Crippen molar-refractivity contribution in [3.8, 4) is 5.75 Å². The molecule has 2 aromatic carbocycles. The van der Waals surface area contributed by atoms with Crippen molar-refractivity contribution in [2.24, 2.45) is 0 Å². The SMILES string of the molecule is FC(F)Oc1ccc(CNC(=S)NCCc2ccccc2)cc1. The van der Waals surface area contributed by atoms with Crippen molar-refractivity contribution in [1.29, 1.82) is 0 Å². The van der Waals surface area contributed by atoms with Gasteiger partial charge in [-0.1, -0.05) is 42.5 Å². The smallest absolute Gasteiger partial charge is 0.387 e. The molecule has 0 aliphatic carbocycles. The molecule has 0 aliphatic rings. The van der Waals surface area contributed by atoms with Crippen LogP contribution in [0.2, 0.25) is 0 Å². The lowest BCUT2D eigenvalue weighted by Crippen LogP contribution is -2.35. The fraction of sp³-hybridized carbons (Fsp3) is 0.235. The number of benzene rings is 2. The minimum atomic E-state index is -2.81. The molecule has 0 aliphatic heterocycles. The van der Waals surface area contributed by atoms with Gasteiger partial charge in [0.05, 0.1) is 0 Å². The van der Waals surface area contributed by atoms with Crippen molar-refractivity contribution >= 4 is 17.3 Å². The fourth-order valence-corrected chi connectivity index (χ4v) is 2.17. The quantitative estimate of drug-likeness (QED) is 0.758. The lowest BCUT2D eigenvalue weighted by Gasteiger charge is -2.11. The maximum atomic E-state index is 12.1. The van der Waals surface area contributed by atoms with Crippen LogP contribution in [0.1, 0.15) is 11.1 Å². The Balaban J connectivity index is 1.67. The highest BCUT2D eigenvalue weighted by atomic mass is 32.1. The summed E-state index contributed by atoms with van der Waals surface area (Å²) in [5.41, 5.74) is 2.18. The second-order valence-electron chi connectivity index (χ2n) is 4.87. The number of rotatable bonds is 7. The van der Waals surface area contributed by atoms with Crippen molar-refractivity contribution in [2.75, 3.05) is 6.54 Å². The standard InChI is InChI=1S/C17H18F2N2OS/c18-16(19)22-15-8-6-14(7-9-15)12-21-17(23)20-11-10-13-4-2-1-3-5-13/h1-9,16H,10-12H2,(H2,20,21,23). The van der Waals surface area contributed by atoms with E-state index < -0.39 is 6.61 Å². The molecule has 2 N–H and O–H groups in total. The zero-order chi connectivity index (χ0) is 16.5. The molecule has 122 valence electrons. The van der Waals surface area contributed by atoms with Crippen LogP contribution in [-0.2, 0) is 13.0 Å². The largest absolute Gasteiger partial charge is 0.435 e. The summed E-state index contributed by atoms with van der Waals surface area (Å²) in [6.07, 6.45) is 0.891. The van der Waals surface area contributed by atoms with Gasteiger partial charge in [0.15, 0.2) is 5.11 Å². The minimum Gasteiger partial charge on any atom is -0.435 e. The minimum absolute atomic E-state index is 0.146. The zero-order valence-electron chi connectivity index (χ0n) is 12.5. The Morgan fingerprint density at radius 1 is 0.957 bits per heavy atom. The van der Waals surface area contributed by atoms with E-state index in [9.17, 15) is 8.78 Å². The molecule has 23 heavy (non-hydrogen) atoms. The summed E-state index contributed by atoms with van der Waals surface area (Å²) in [4.78, 5) is 0. The van der Waals surface area contributed by atoms with Gasteiger partial charge in [0.1, 0.15) is 5.75 Å². The van der Waals surface area contributed by atoms with E-state index in [-0.39, 0.29) is 5.75 Å². The van der Waals surface area contributed by atoms with E-state index in [0.29, 0.717) is 11.7 Å². The van der Waals surface area contributed by atoms with E-state index in [1.165, 1.54) is 17.7 Å². The van der Waals surface area contributed by atoms with Crippen molar-refractivity contribution in [3.05, 3.63) is 65.7 Å². The summed E-state index contributed by atoms with van der Waals surface area (Å²) in [5, 5.41) is 6.78. The summed E-state index contributed by atoms with van der Waals surface area (Å²) in [6, 6.07) is 16.6. The normalized spacial score (nSPS) is 10.4. The molecule has 0 fully saturated rings. The Kier molecular flexibility index (Phi) is 6.75. The molecular weight excluding hydrogens is 318 g/mol. The maximum absolute atomic E-state index is 12.1. The monoisotopic (exact) mass is 336 g/mol. The van der Waals surface area contributed by atoms with Crippen LogP contribution >= 0.6 is 12.2 Å². The average Bonchev–Trinajstić information content (AvgIpc) is 2.55. The molecule has 0 radical (unpaired) electrons. The van der Waals surface area contributed by atoms with Gasteiger partial charge in [0, 0.05) is 13.1 Å². The molecule has 0 aromatic heterocycles. The van der Waals surface area contributed by atoms with Gasteiger partial charge >= 0.3 is 6.61 Å². The average molecular weight is 336 g/mol. The highest BCUT2D eigenvalue weighted by Crippen LogP contribution is 2.14. The van der Waals surface area contributed by atoms with Gasteiger partial charge in [0.2, 0.25) is 0 Å². The molecule has 3 nitrogen and oxygen atoms in total. The van der Waals surface area contributed by atoms with Gasteiger partial charge in [-0.25, -0.2) is 0 Å². The number of nitrogens with one attached hydrogen (secondary N) is 2. The first-order chi connectivity index (χ1) is 11.1. The zero-order valence-corrected chi connectivity index (χ0v) is 13.3. The second-order valence-corrected chi connectivity index (χ2v) is 5.28. The van der Waals surface area contributed by atoms with Crippen molar-refractivity contribution in [2.45, 2.75) is 19.6 Å². The van der Waals surface area contributed by atoms with Crippen LogP contribution < -0.4 is 15.4 Å². The van der Waals surface area contributed by atoms with E-state index in [0.717, 1.165) is 18.5 Å². The van der Waals surface area contributed by atoms with Crippen LogP contribution in [0.15, 0.2) is 54.6 Å². The summed E-state index contributed by atoms with van der Waals surface area (Å²) in [5.74, 6) is 0.146. The molecule has 6 heteroatoms. The van der Waals surface area contributed by atoms with Gasteiger partial charge in [-0.05, 0) is 41.9 Å². The third kappa shape index (κ3) is 6.61. The van der Waals surface area contributed by atoms with Gasteiger partial charge < -0.3 is 15.4 Å². The van der Waals surface area contributed by atoms with Crippen molar-refractivity contribution < 1.29 is 13.5 Å². The molecule has 0 heterocycles. The number of ether oxygens (including phenoxy) is 1. The Bertz CT molecular complexity index is 606. The van der Waals surface area contributed by atoms with Crippen LogP contribution in [-0.4, -0.2) is 18.3 Å². The molecule has 0 saturated carbocycles. The highest BCUT2D eigenvalue weighted by molar-refractivity contribution is 7.80. The van der Waals surface area contributed by atoms with Gasteiger partial charge in [-0.3, -0.25) is 0 Å². The molecule has 0 unspecified atom stereocenters. The first-order valence-electron chi connectivity index (χ1n) is 7.23. The van der Waals surface area contributed by atoms with Gasteiger partial charge in [-0.2, -0.15) is 8.78 Å². The number of alkyl halides is 2. The number of hydrogen-bond donors (Lipinski definition) is 2. The first kappa shape index (κ1) is 17.1. The lowest BCUT2D eigenvalue weighted by molar-refractivity contribution is -0.0498. The summed E-state index contributed by atoms with van der Waals surface area (Å²) in [7, 11) is 0. The van der Waals surface area contributed by atoms with Crippen molar-refractivity contribution in [1.82, 2.24) is 10.6 Å². The number of hydrogen-bond acceptors (Lipinski definition) is 2. The Hall–Kier alpha value is -2.21.